The predicted octanol–water partition coefficient (Wildman–Crippen LogP) is 12.0. The fourth-order valence-electron chi connectivity index (χ4n) is 6.04. The Bertz CT molecular complexity index is 929. The quantitative estimate of drug-likeness (QED) is 0.0437. The number of unbranched alkanes of at least 4 members (excludes halogenated alkanes) is 24. The van der Waals surface area contributed by atoms with Gasteiger partial charge < -0.3 is 19.3 Å². The average Bonchev–Trinajstić information content (AvgIpc) is 3.10. The smallest absolute Gasteiger partial charge is 0.338 e. The van der Waals surface area contributed by atoms with Crippen molar-refractivity contribution in [2.75, 3.05) is 13.2 Å². The fourth-order valence-corrected chi connectivity index (χ4v) is 6.04. The Morgan fingerprint density at radius 2 is 0.837 bits per heavy atom. The van der Waals surface area contributed by atoms with E-state index in [4.69, 9.17) is 14.2 Å². The highest BCUT2D eigenvalue weighted by atomic mass is 16.6. The zero-order valence-corrected chi connectivity index (χ0v) is 31.5. The van der Waals surface area contributed by atoms with E-state index in [-0.39, 0.29) is 42.9 Å². The van der Waals surface area contributed by atoms with Gasteiger partial charge in [-0.3, -0.25) is 9.59 Å². The first-order valence-electron chi connectivity index (χ1n) is 20.3. The van der Waals surface area contributed by atoms with Gasteiger partial charge in [-0.15, -0.1) is 0 Å². The van der Waals surface area contributed by atoms with Crippen LogP contribution in [0.25, 0.3) is 0 Å². The van der Waals surface area contributed by atoms with Gasteiger partial charge in [-0.1, -0.05) is 168 Å². The normalized spacial score (nSPS) is 11.7. The van der Waals surface area contributed by atoms with Crippen LogP contribution in [0.3, 0.4) is 0 Å². The van der Waals surface area contributed by atoms with Gasteiger partial charge in [-0.25, -0.2) is 4.79 Å². The second kappa shape index (κ2) is 32.6. The average molecular weight is 689 g/mol. The Morgan fingerprint density at radius 1 is 0.490 bits per heavy atom. The Hall–Kier alpha value is -2.57. The summed E-state index contributed by atoms with van der Waals surface area (Å²) in [6.45, 7) is 4.14. The molecule has 0 spiro atoms. The number of aromatic hydroxyl groups is 1. The first kappa shape index (κ1) is 44.5. The first-order valence-corrected chi connectivity index (χ1v) is 20.3. The van der Waals surface area contributed by atoms with Crippen molar-refractivity contribution in [1.29, 1.82) is 0 Å². The van der Waals surface area contributed by atoms with Crippen LogP contribution in [0.4, 0.5) is 0 Å². The van der Waals surface area contributed by atoms with Crippen LogP contribution in [0.15, 0.2) is 24.3 Å². The largest absolute Gasteiger partial charge is 0.508 e. The summed E-state index contributed by atoms with van der Waals surface area (Å²) in [5, 5.41) is 9.48. The highest BCUT2D eigenvalue weighted by Gasteiger charge is 2.20. The summed E-state index contributed by atoms with van der Waals surface area (Å²) in [4.78, 5) is 37.6. The predicted molar refractivity (Wildman–Crippen MR) is 200 cm³/mol. The number of benzene rings is 1. The minimum absolute atomic E-state index is 0.0481. The second-order valence-electron chi connectivity index (χ2n) is 13.9. The van der Waals surface area contributed by atoms with Crippen LogP contribution in [-0.4, -0.2) is 42.3 Å². The van der Waals surface area contributed by atoms with Gasteiger partial charge >= 0.3 is 17.9 Å². The van der Waals surface area contributed by atoms with Crippen molar-refractivity contribution in [1.82, 2.24) is 0 Å². The van der Waals surface area contributed by atoms with Crippen LogP contribution in [0, 0.1) is 0 Å². The first-order chi connectivity index (χ1) is 24.0. The number of rotatable bonds is 34. The lowest BCUT2D eigenvalue weighted by Crippen LogP contribution is -2.31. The van der Waals surface area contributed by atoms with E-state index in [1.165, 1.54) is 153 Å². The molecule has 49 heavy (non-hydrogen) atoms. The van der Waals surface area contributed by atoms with E-state index in [0.29, 0.717) is 6.42 Å². The number of esters is 3. The van der Waals surface area contributed by atoms with Crippen LogP contribution in [0.2, 0.25) is 0 Å². The van der Waals surface area contributed by atoms with Crippen LogP contribution < -0.4 is 0 Å². The Balaban J connectivity index is 2.27. The minimum Gasteiger partial charge on any atom is -0.508 e. The molecule has 0 saturated heterocycles. The molecule has 282 valence electrons. The topological polar surface area (TPSA) is 99.1 Å². The summed E-state index contributed by atoms with van der Waals surface area (Å²) in [5.41, 5.74) is 0.272. The second-order valence-corrected chi connectivity index (χ2v) is 13.9. The number of hydrogen-bond donors (Lipinski definition) is 1. The molecule has 7 heteroatoms. The van der Waals surface area contributed by atoms with Crippen LogP contribution in [-0.2, 0) is 23.8 Å². The van der Waals surface area contributed by atoms with Gasteiger partial charge in [-0.2, -0.15) is 0 Å². The van der Waals surface area contributed by atoms with E-state index in [1.54, 1.807) is 0 Å². The van der Waals surface area contributed by atoms with E-state index in [2.05, 4.69) is 13.8 Å². The summed E-state index contributed by atoms with van der Waals surface area (Å²) in [6.07, 6.45) is 31.8. The number of carbonyl (C=O) groups is 3. The van der Waals surface area contributed by atoms with Crippen molar-refractivity contribution in [2.45, 2.75) is 200 Å². The highest BCUT2D eigenvalue weighted by Crippen LogP contribution is 2.16. The van der Waals surface area contributed by atoms with Gasteiger partial charge in [0.15, 0.2) is 6.10 Å². The van der Waals surface area contributed by atoms with Gasteiger partial charge in [0.2, 0.25) is 0 Å². The zero-order valence-electron chi connectivity index (χ0n) is 31.5. The summed E-state index contributed by atoms with van der Waals surface area (Å²) >= 11 is 0. The molecule has 1 atom stereocenters. The lowest BCUT2D eigenvalue weighted by Gasteiger charge is -2.18. The van der Waals surface area contributed by atoms with Crippen LogP contribution in [0.5, 0.6) is 5.75 Å². The van der Waals surface area contributed by atoms with Crippen molar-refractivity contribution in [3.8, 4) is 5.75 Å². The number of carbonyl (C=O) groups excluding carboxylic acids is 3. The van der Waals surface area contributed by atoms with E-state index >= 15 is 0 Å². The highest BCUT2D eigenvalue weighted by molar-refractivity contribution is 5.89. The molecule has 1 N–H and O–H groups in total. The van der Waals surface area contributed by atoms with Gasteiger partial charge in [0.1, 0.15) is 19.0 Å². The molecule has 7 nitrogen and oxygen atoms in total. The lowest BCUT2D eigenvalue weighted by molar-refractivity contribution is -0.161. The summed E-state index contributed by atoms with van der Waals surface area (Å²) in [5.74, 6) is -1.26. The van der Waals surface area contributed by atoms with E-state index in [9.17, 15) is 19.5 Å². The standard InChI is InChI=1S/C42H72O7/c1-3-5-7-9-11-13-15-17-19-21-23-25-27-29-40(44)47-35-39(36-48-42(46)37-31-33-38(43)34-32-37)49-41(45)30-28-26-24-22-20-18-16-14-12-10-8-6-4-2/h31-34,39,43H,3-30,35-36H2,1-2H3. The lowest BCUT2D eigenvalue weighted by atomic mass is 10.0. The molecule has 1 aromatic carbocycles. The summed E-state index contributed by atoms with van der Waals surface area (Å²) < 4.78 is 16.4. The van der Waals surface area contributed by atoms with Crippen molar-refractivity contribution in [3.63, 3.8) is 0 Å². The molecule has 0 radical (unpaired) electrons. The van der Waals surface area contributed by atoms with Crippen LogP contribution >= 0.6 is 0 Å². The van der Waals surface area contributed by atoms with Gasteiger partial charge in [-0.05, 0) is 37.1 Å². The molecule has 1 aromatic rings. The maximum absolute atomic E-state index is 12.6. The minimum atomic E-state index is -0.869. The molecule has 1 unspecified atom stereocenters. The third-order valence-corrected chi connectivity index (χ3v) is 9.20. The molecule has 0 bridgehead atoms. The molecule has 0 aliphatic heterocycles. The molecule has 0 saturated carbocycles. The van der Waals surface area contributed by atoms with Crippen LogP contribution in [0.1, 0.15) is 204 Å². The summed E-state index contributed by atoms with van der Waals surface area (Å²) in [6, 6.07) is 5.73. The fraction of sp³-hybridized carbons (Fsp3) is 0.786. The van der Waals surface area contributed by atoms with Crippen molar-refractivity contribution in [2.24, 2.45) is 0 Å². The van der Waals surface area contributed by atoms with E-state index < -0.39 is 12.1 Å². The number of phenolic OH excluding ortho intramolecular Hbond substituents is 1. The molecule has 1 rings (SSSR count). The molecule has 0 heterocycles. The van der Waals surface area contributed by atoms with Gasteiger partial charge in [0.25, 0.3) is 0 Å². The van der Waals surface area contributed by atoms with Crippen molar-refractivity contribution in [3.05, 3.63) is 29.8 Å². The molecule has 0 fully saturated rings. The third kappa shape index (κ3) is 27.9. The van der Waals surface area contributed by atoms with Crippen molar-refractivity contribution < 1.29 is 33.7 Å². The molecule has 0 aromatic heterocycles. The van der Waals surface area contributed by atoms with Gasteiger partial charge in [0, 0.05) is 12.8 Å². The molecular formula is C42H72O7. The van der Waals surface area contributed by atoms with E-state index in [0.717, 1.165) is 38.5 Å². The van der Waals surface area contributed by atoms with Gasteiger partial charge in [0.05, 0.1) is 5.56 Å². The van der Waals surface area contributed by atoms with E-state index in [1.807, 2.05) is 0 Å². The molecule has 0 aliphatic carbocycles. The maximum atomic E-state index is 12.6. The monoisotopic (exact) mass is 689 g/mol. The number of ether oxygens (including phenoxy) is 3. The summed E-state index contributed by atoms with van der Waals surface area (Å²) in [7, 11) is 0. The maximum Gasteiger partial charge on any atom is 0.338 e. The van der Waals surface area contributed by atoms with Crippen molar-refractivity contribution >= 4 is 17.9 Å². The Morgan fingerprint density at radius 3 is 1.24 bits per heavy atom. The molecule has 0 amide bonds. The molecular weight excluding hydrogens is 616 g/mol. The number of phenols is 1. The Kier molecular flexibility index (Phi) is 29.6. The zero-order chi connectivity index (χ0) is 35.6. The SMILES string of the molecule is CCCCCCCCCCCCCCCC(=O)OCC(COC(=O)c1ccc(O)cc1)OC(=O)CCCCCCCCCCCCCCC. The Labute approximate surface area is 299 Å². The molecule has 0 aliphatic rings. The number of hydrogen-bond acceptors (Lipinski definition) is 7. The third-order valence-electron chi connectivity index (χ3n) is 9.20.